The van der Waals surface area contributed by atoms with Crippen LogP contribution in [0.2, 0.25) is 13.1 Å². The fraction of sp³-hybridized carbons (Fsp3) is 0.636. The molecule has 0 heterocycles. The normalized spacial score (nSPS) is 14.2. The standard InChI is InChI=1S/2C10H15.C2H6Si.2ClH.Ti/c2*1-3-4-5-10-7-6-9(2)8-10;1-3-2;;;/h2*8H,3-6H2,1-2H3;1-2H3;2*1H;/q2*-1;;;;+2/p-2. The average Bonchev–Trinajstić information content (AvgIpc) is 3.11. The molecule has 0 aromatic heterocycles. The first kappa shape index (κ1) is 31.2. The van der Waals surface area contributed by atoms with Crippen LogP contribution in [0.1, 0.15) is 79.1 Å². The van der Waals surface area contributed by atoms with Crippen molar-refractivity contribution in [1.82, 2.24) is 0 Å². The van der Waals surface area contributed by atoms with E-state index in [-0.39, 0.29) is 31.0 Å². The Hall–Kier alpha value is 0.471. The van der Waals surface area contributed by atoms with E-state index < -0.39 is 0 Å². The number of halogens is 2. The fourth-order valence-electron chi connectivity index (χ4n) is 2.36. The molecule has 0 radical (unpaired) electrons. The Morgan fingerprint density at radius 3 is 1.35 bits per heavy atom. The molecule has 0 aliphatic heterocycles. The SMILES string of the molecule is CCCCC1=[C-]CC(C)=C1.CCCCC1=[C-]CC(C)=C1.C[Si](C)=[Ti+2].[Cl-].[Cl-]. The Balaban J connectivity index is -0.000000319. The molecule has 0 saturated heterocycles. The maximum absolute atomic E-state index is 3.37. The molecule has 0 N–H and O–H groups in total. The molecule has 0 fully saturated rings. The van der Waals surface area contributed by atoms with Crippen molar-refractivity contribution in [3.8, 4) is 0 Å². The van der Waals surface area contributed by atoms with Crippen molar-refractivity contribution in [1.29, 1.82) is 0 Å². The van der Waals surface area contributed by atoms with E-state index in [0.717, 1.165) is 12.8 Å². The van der Waals surface area contributed by atoms with Gasteiger partial charge in [-0.25, -0.2) is 23.3 Å². The summed E-state index contributed by atoms with van der Waals surface area (Å²) in [6.45, 7) is 13.3. The first-order chi connectivity index (χ1) is 11.4. The van der Waals surface area contributed by atoms with Crippen LogP contribution in [0.4, 0.5) is 0 Å². The summed E-state index contributed by atoms with van der Waals surface area (Å²) in [7, 11) is 0. The number of hydrogen-bond donors (Lipinski definition) is 0. The summed E-state index contributed by atoms with van der Waals surface area (Å²) in [5.74, 6) is 0. The van der Waals surface area contributed by atoms with Gasteiger partial charge in [0.1, 0.15) is 0 Å². The van der Waals surface area contributed by atoms with Gasteiger partial charge in [-0.3, -0.25) is 12.2 Å². The first-order valence-corrected chi connectivity index (χ1v) is 14.3. The van der Waals surface area contributed by atoms with Crippen LogP contribution in [-0.4, -0.2) is 6.19 Å². The zero-order chi connectivity index (χ0) is 18.4. The first-order valence-electron chi connectivity index (χ1n) is 9.44. The van der Waals surface area contributed by atoms with Crippen molar-refractivity contribution in [2.24, 2.45) is 0 Å². The molecule has 0 amide bonds. The van der Waals surface area contributed by atoms with E-state index in [9.17, 15) is 0 Å². The second-order valence-electron chi connectivity index (χ2n) is 6.95. The Labute approximate surface area is 188 Å². The molecule has 2 aliphatic carbocycles. The zero-order valence-electron chi connectivity index (χ0n) is 17.6. The number of unbranched alkanes of at least 4 members (excludes halogenated alkanes) is 2. The predicted octanol–water partition coefficient (Wildman–Crippen LogP) is 1.30. The van der Waals surface area contributed by atoms with Gasteiger partial charge in [0.15, 0.2) is 0 Å². The molecule has 0 unspecified atom stereocenters. The van der Waals surface area contributed by atoms with Gasteiger partial charge in [0.2, 0.25) is 0 Å². The molecule has 0 spiro atoms. The van der Waals surface area contributed by atoms with Crippen LogP contribution in [0.5, 0.6) is 0 Å². The van der Waals surface area contributed by atoms with Crippen LogP contribution in [0.15, 0.2) is 34.4 Å². The smallest absolute Gasteiger partial charge is 1.00 e. The van der Waals surface area contributed by atoms with Gasteiger partial charge < -0.3 is 24.8 Å². The van der Waals surface area contributed by atoms with E-state index in [2.05, 4.69) is 84.3 Å². The Morgan fingerprint density at radius 2 is 1.15 bits per heavy atom. The second-order valence-corrected chi connectivity index (χ2v) is 13.6. The third-order valence-corrected chi connectivity index (χ3v) is 3.63. The summed E-state index contributed by atoms with van der Waals surface area (Å²) >= 11 is 2.27. The molecule has 0 nitrogen and oxygen atoms in total. The Kier molecular flexibility index (Phi) is 24.2. The number of hydrogen-bond acceptors (Lipinski definition) is 0. The molecule has 0 saturated carbocycles. The minimum atomic E-state index is 0. The summed E-state index contributed by atoms with van der Waals surface area (Å²) in [5, 5.41) is 0. The molecule has 2 aliphatic rings. The zero-order valence-corrected chi connectivity index (χ0v) is 21.6. The predicted molar refractivity (Wildman–Crippen MR) is 107 cm³/mol. The van der Waals surface area contributed by atoms with E-state index >= 15 is 0 Å². The molecule has 26 heavy (non-hydrogen) atoms. The van der Waals surface area contributed by atoms with Crippen molar-refractivity contribution in [2.75, 3.05) is 0 Å². The second kappa shape index (κ2) is 20.2. The van der Waals surface area contributed by atoms with Crippen LogP contribution in [0.25, 0.3) is 0 Å². The molecular formula is C22H36Cl2SiTi-2. The van der Waals surface area contributed by atoms with Crippen molar-refractivity contribution >= 4 is 6.19 Å². The maximum atomic E-state index is 3.37. The molecular weight excluding hydrogens is 411 g/mol. The Bertz CT molecular complexity index is 458. The average molecular weight is 447 g/mol. The van der Waals surface area contributed by atoms with Crippen molar-refractivity contribution in [3.05, 3.63) is 46.6 Å². The van der Waals surface area contributed by atoms with Crippen LogP contribution in [0.3, 0.4) is 0 Å². The fourth-order valence-corrected chi connectivity index (χ4v) is 2.36. The van der Waals surface area contributed by atoms with E-state index in [1.165, 1.54) is 60.8 Å². The van der Waals surface area contributed by atoms with Gasteiger partial charge in [-0.15, -0.1) is 12.8 Å². The van der Waals surface area contributed by atoms with Gasteiger partial charge in [-0.2, -0.15) is 11.1 Å². The van der Waals surface area contributed by atoms with E-state index in [4.69, 9.17) is 0 Å². The summed E-state index contributed by atoms with van der Waals surface area (Å²) in [6, 6.07) is 0. The summed E-state index contributed by atoms with van der Waals surface area (Å²) in [5.41, 5.74) is 5.79. The molecule has 0 atom stereocenters. The van der Waals surface area contributed by atoms with Gasteiger partial charge >= 0.3 is 38.5 Å². The van der Waals surface area contributed by atoms with Crippen LogP contribution < -0.4 is 24.8 Å². The van der Waals surface area contributed by atoms with Gasteiger partial charge in [-0.1, -0.05) is 66.2 Å². The van der Waals surface area contributed by atoms with Gasteiger partial charge in [0.05, 0.1) is 0 Å². The minimum Gasteiger partial charge on any atom is -1.00 e. The molecule has 4 heteroatoms. The summed E-state index contributed by atoms with van der Waals surface area (Å²) in [6.07, 6.45) is 21.2. The molecule has 148 valence electrons. The largest absolute Gasteiger partial charge is 1.00 e. The quantitative estimate of drug-likeness (QED) is 0.426. The molecule has 0 aromatic carbocycles. The molecule has 2 rings (SSSR count). The van der Waals surface area contributed by atoms with Gasteiger partial charge in [-0.05, 0) is 0 Å². The van der Waals surface area contributed by atoms with E-state index in [1.807, 2.05) is 0 Å². The van der Waals surface area contributed by atoms with Crippen LogP contribution in [0, 0.1) is 12.2 Å². The van der Waals surface area contributed by atoms with E-state index in [0.29, 0.717) is 0 Å². The van der Waals surface area contributed by atoms with E-state index in [1.54, 1.807) is 0 Å². The Morgan fingerprint density at radius 1 is 0.846 bits per heavy atom. The molecule has 0 bridgehead atoms. The van der Waals surface area contributed by atoms with Gasteiger partial charge in [0.25, 0.3) is 0 Å². The van der Waals surface area contributed by atoms with Crippen molar-refractivity contribution in [2.45, 2.75) is 92.2 Å². The topological polar surface area (TPSA) is 0 Å². The maximum Gasteiger partial charge on any atom is -1.00 e. The number of allylic oxidation sites excluding steroid dienone is 8. The third-order valence-electron chi connectivity index (χ3n) is 3.63. The third kappa shape index (κ3) is 19.2. The summed E-state index contributed by atoms with van der Waals surface area (Å²) < 4.78 is 0. The number of rotatable bonds is 6. The minimum absolute atomic E-state index is 0. The van der Waals surface area contributed by atoms with Crippen molar-refractivity contribution < 1.29 is 44.0 Å². The monoisotopic (exact) mass is 446 g/mol. The summed E-state index contributed by atoms with van der Waals surface area (Å²) in [4.78, 5) is 0. The van der Waals surface area contributed by atoms with Crippen LogP contribution >= 0.6 is 0 Å². The van der Waals surface area contributed by atoms with Gasteiger partial charge in [0, 0.05) is 0 Å². The van der Waals surface area contributed by atoms with Crippen LogP contribution in [-0.2, 0) is 19.2 Å². The molecule has 0 aromatic rings. The van der Waals surface area contributed by atoms with Crippen molar-refractivity contribution in [3.63, 3.8) is 0 Å².